The summed E-state index contributed by atoms with van der Waals surface area (Å²) < 4.78 is 40.4. The SMILES string of the molecule is CC(C)(C)OC(=O)N1CCC(CN2CCNC(=O)C2)CC1.Cc1ccc(S(=O)(=O)OCC2CCN(C(=O)OC(C)(C)C)CC2)cc1.O=C1CN(CC2CCNCC2)CCN1.O=C1CNCCN1. The van der Waals surface area contributed by atoms with Gasteiger partial charge in [-0.15, -0.1) is 0 Å². The highest BCUT2D eigenvalue weighted by molar-refractivity contribution is 7.86. The van der Waals surface area contributed by atoms with Crippen LogP contribution in [0.1, 0.15) is 85.6 Å². The van der Waals surface area contributed by atoms with E-state index in [1.165, 1.54) is 12.8 Å². The molecule has 0 bridgehead atoms. The van der Waals surface area contributed by atoms with Gasteiger partial charge in [0, 0.05) is 78.5 Å². The van der Waals surface area contributed by atoms with Crippen molar-refractivity contribution >= 4 is 40.0 Å². The van der Waals surface area contributed by atoms with E-state index in [9.17, 15) is 32.4 Å². The molecule has 0 aromatic heterocycles. The second-order valence-corrected chi connectivity index (χ2v) is 21.9. The van der Waals surface area contributed by atoms with E-state index in [1.807, 2.05) is 48.5 Å². The molecule has 0 aliphatic carbocycles. The van der Waals surface area contributed by atoms with Crippen molar-refractivity contribution in [3.8, 4) is 0 Å². The van der Waals surface area contributed by atoms with Crippen molar-refractivity contribution in [1.29, 1.82) is 0 Å². The summed E-state index contributed by atoms with van der Waals surface area (Å²) in [6, 6.07) is 6.59. The molecule has 6 heterocycles. The Morgan fingerprint density at radius 1 is 0.582 bits per heavy atom. The zero-order valence-electron chi connectivity index (χ0n) is 41.3. The number of nitrogens with one attached hydrogen (secondary N) is 5. The molecule has 1 aromatic rings. The average molecular weight is 964 g/mol. The molecule has 0 spiro atoms. The maximum absolute atomic E-state index is 12.2. The normalized spacial score (nSPS) is 20.9. The van der Waals surface area contributed by atoms with Crippen LogP contribution in [0.3, 0.4) is 0 Å². The minimum absolute atomic E-state index is 0.103. The summed E-state index contributed by atoms with van der Waals surface area (Å²) in [6.07, 6.45) is 5.36. The van der Waals surface area contributed by atoms with Gasteiger partial charge in [-0.3, -0.25) is 28.4 Å². The van der Waals surface area contributed by atoms with Gasteiger partial charge in [-0.25, -0.2) is 9.59 Å². The minimum Gasteiger partial charge on any atom is -0.444 e. The lowest BCUT2D eigenvalue weighted by Crippen LogP contribution is -2.50. The molecule has 0 atom stereocenters. The first-order chi connectivity index (χ1) is 31.6. The molecular formula is C47H81N9O10S. The van der Waals surface area contributed by atoms with Crippen molar-refractivity contribution in [3.63, 3.8) is 0 Å². The number of amides is 5. The average Bonchev–Trinajstić information content (AvgIpc) is 3.26. The fraction of sp³-hybridized carbons (Fsp3) is 0.766. The molecule has 6 aliphatic heterocycles. The van der Waals surface area contributed by atoms with E-state index in [2.05, 4.69) is 36.4 Å². The summed E-state index contributed by atoms with van der Waals surface area (Å²) in [5.74, 6) is 1.87. The van der Waals surface area contributed by atoms with E-state index in [-0.39, 0.29) is 47.3 Å². The number of hydrogen-bond acceptors (Lipinski definition) is 14. The van der Waals surface area contributed by atoms with Gasteiger partial charge >= 0.3 is 12.2 Å². The monoisotopic (exact) mass is 964 g/mol. The number of piperazine rings is 3. The third-order valence-electron chi connectivity index (χ3n) is 11.9. The second-order valence-electron chi connectivity index (χ2n) is 20.3. The van der Waals surface area contributed by atoms with Gasteiger partial charge in [0.05, 0.1) is 31.1 Å². The van der Waals surface area contributed by atoms with Crippen molar-refractivity contribution in [2.24, 2.45) is 17.8 Å². The van der Waals surface area contributed by atoms with Crippen molar-refractivity contribution in [1.82, 2.24) is 46.2 Å². The first-order valence-electron chi connectivity index (χ1n) is 24.2. The number of carbonyl (C=O) groups is 5. The molecule has 19 nitrogen and oxygen atoms in total. The van der Waals surface area contributed by atoms with Crippen LogP contribution in [0.15, 0.2) is 29.2 Å². The largest absolute Gasteiger partial charge is 0.444 e. The molecule has 6 aliphatic rings. The Kier molecular flexibility index (Phi) is 22.5. The number of aryl methyl sites for hydroxylation is 1. The number of likely N-dealkylation sites (tertiary alicyclic amines) is 2. The van der Waals surface area contributed by atoms with Crippen LogP contribution in [0.25, 0.3) is 0 Å². The molecule has 6 fully saturated rings. The van der Waals surface area contributed by atoms with E-state index in [0.29, 0.717) is 51.5 Å². The number of carbonyl (C=O) groups excluding carboxylic acids is 5. The molecular weight excluding hydrogens is 883 g/mol. The Hall–Kier alpha value is -4.08. The maximum atomic E-state index is 12.2. The lowest BCUT2D eigenvalue weighted by atomic mass is 9.96. The molecule has 1 aromatic carbocycles. The molecule has 20 heteroatoms. The van der Waals surface area contributed by atoms with Crippen LogP contribution in [0.4, 0.5) is 9.59 Å². The fourth-order valence-corrected chi connectivity index (χ4v) is 9.21. The van der Waals surface area contributed by atoms with Crippen molar-refractivity contribution < 1.29 is 46.0 Å². The lowest BCUT2D eigenvalue weighted by molar-refractivity contribution is -0.125. The topological polar surface area (TPSA) is 220 Å². The third-order valence-corrected chi connectivity index (χ3v) is 13.2. The van der Waals surface area contributed by atoms with Crippen molar-refractivity contribution in [2.75, 3.05) is 118 Å². The van der Waals surface area contributed by atoms with Gasteiger partial charge in [-0.2, -0.15) is 8.42 Å². The van der Waals surface area contributed by atoms with Gasteiger partial charge in [-0.05, 0) is 130 Å². The zero-order valence-corrected chi connectivity index (χ0v) is 42.1. The first kappa shape index (κ1) is 55.5. The summed E-state index contributed by atoms with van der Waals surface area (Å²) >= 11 is 0. The molecule has 0 unspecified atom stereocenters. The van der Waals surface area contributed by atoms with Crippen LogP contribution in [0, 0.1) is 24.7 Å². The van der Waals surface area contributed by atoms with E-state index >= 15 is 0 Å². The van der Waals surface area contributed by atoms with Gasteiger partial charge in [-0.1, -0.05) is 17.7 Å². The molecule has 0 radical (unpaired) electrons. The number of rotatable bonds is 8. The number of nitrogens with zero attached hydrogens (tertiary/aromatic N) is 4. The molecule has 5 amide bonds. The van der Waals surface area contributed by atoms with Crippen molar-refractivity contribution in [3.05, 3.63) is 29.8 Å². The van der Waals surface area contributed by atoms with Gasteiger partial charge in [0.15, 0.2) is 0 Å². The van der Waals surface area contributed by atoms with E-state index in [1.54, 1.807) is 34.1 Å². The summed E-state index contributed by atoms with van der Waals surface area (Å²) in [7, 11) is -3.74. The zero-order chi connectivity index (χ0) is 49.0. The standard InChI is InChI=1S/C18H27NO5S.C15H27N3O3.C10H19N3O.C4H8N2O/c1-14-5-7-16(8-6-14)25(21,22)23-13-15-9-11-19(12-10-15)17(20)24-18(2,3)4;1-15(2,3)21-14(20)18-7-4-12(5-8-18)10-17-9-6-16-13(19)11-17;14-10-8-13(6-5-12-10)7-9-1-3-11-4-2-9;7-4-3-5-1-2-6-4/h5-8,15H,9-13H2,1-4H3;12H,4-11H2,1-3H3,(H,16,19);9,11H,1-8H2,(H,12,14);5H,1-3H2,(H,6,7). The summed E-state index contributed by atoms with van der Waals surface area (Å²) in [4.78, 5) is 65.0. The van der Waals surface area contributed by atoms with Crippen LogP contribution >= 0.6 is 0 Å². The Labute approximate surface area is 399 Å². The summed E-state index contributed by atoms with van der Waals surface area (Å²) in [5, 5.41) is 14.7. The second kappa shape index (κ2) is 27.2. The molecule has 7 rings (SSSR count). The van der Waals surface area contributed by atoms with Gasteiger partial charge in [0.25, 0.3) is 10.1 Å². The molecule has 6 saturated heterocycles. The lowest BCUT2D eigenvalue weighted by Gasteiger charge is -2.36. The highest BCUT2D eigenvalue weighted by atomic mass is 32.2. The van der Waals surface area contributed by atoms with Gasteiger partial charge < -0.3 is 45.9 Å². The quantitative estimate of drug-likeness (QED) is 0.237. The molecule has 380 valence electrons. The van der Waals surface area contributed by atoms with Crippen LogP contribution < -0.4 is 26.6 Å². The Balaban J connectivity index is 0.000000210. The van der Waals surface area contributed by atoms with Crippen LogP contribution in [-0.2, 0) is 38.2 Å². The van der Waals surface area contributed by atoms with Crippen LogP contribution in [0.5, 0.6) is 0 Å². The number of piperidine rings is 3. The van der Waals surface area contributed by atoms with Crippen LogP contribution in [0.2, 0.25) is 0 Å². The van der Waals surface area contributed by atoms with Gasteiger partial charge in [0.2, 0.25) is 17.7 Å². The van der Waals surface area contributed by atoms with Crippen molar-refractivity contribution in [2.45, 2.75) is 103 Å². The molecule has 67 heavy (non-hydrogen) atoms. The predicted molar refractivity (Wildman–Crippen MR) is 256 cm³/mol. The number of benzene rings is 1. The van der Waals surface area contributed by atoms with E-state index in [0.717, 1.165) is 103 Å². The molecule has 0 saturated carbocycles. The van der Waals surface area contributed by atoms with Crippen LogP contribution in [-0.4, -0.2) is 187 Å². The first-order valence-corrected chi connectivity index (χ1v) is 25.6. The summed E-state index contributed by atoms with van der Waals surface area (Å²) in [5.41, 5.74) is 0.0438. The highest BCUT2D eigenvalue weighted by Gasteiger charge is 2.30. The van der Waals surface area contributed by atoms with Gasteiger partial charge in [0.1, 0.15) is 11.2 Å². The smallest absolute Gasteiger partial charge is 0.410 e. The van der Waals surface area contributed by atoms with E-state index in [4.69, 9.17) is 13.7 Å². The fourth-order valence-electron chi connectivity index (χ4n) is 8.24. The maximum Gasteiger partial charge on any atom is 0.410 e. The minimum atomic E-state index is -3.74. The Morgan fingerprint density at radius 3 is 1.43 bits per heavy atom. The third kappa shape index (κ3) is 22.3. The predicted octanol–water partition coefficient (Wildman–Crippen LogP) is 2.54. The summed E-state index contributed by atoms with van der Waals surface area (Å²) in [6.45, 7) is 26.9. The molecule has 5 N–H and O–H groups in total. The number of hydrogen-bond donors (Lipinski definition) is 5. The highest BCUT2D eigenvalue weighted by Crippen LogP contribution is 2.23. The Bertz CT molecular complexity index is 1810. The number of ether oxygens (including phenoxy) is 2. The Morgan fingerprint density at radius 2 is 1.03 bits per heavy atom. The van der Waals surface area contributed by atoms with E-state index < -0.39 is 21.3 Å².